The first-order valence-electron chi connectivity index (χ1n) is 8.69. The van der Waals surface area contributed by atoms with Gasteiger partial charge in [-0.1, -0.05) is 41.6 Å². The number of thioether (sulfide) groups is 1. The molecule has 0 bridgehead atoms. The van der Waals surface area contributed by atoms with Gasteiger partial charge in [-0.15, -0.1) is 5.10 Å². The van der Waals surface area contributed by atoms with Crippen molar-refractivity contribution >= 4 is 29.0 Å². The Morgan fingerprint density at radius 2 is 1.93 bits per heavy atom. The van der Waals surface area contributed by atoms with E-state index in [4.69, 9.17) is 16.3 Å². The van der Waals surface area contributed by atoms with Gasteiger partial charge in [0.05, 0.1) is 13.7 Å². The lowest BCUT2D eigenvalue weighted by atomic mass is 10.2. The van der Waals surface area contributed by atoms with E-state index in [1.165, 1.54) is 40.1 Å². The van der Waals surface area contributed by atoms with Gasteiger partial charge in [-0.05, 0) is 35.4 Å². The fourth-order valence-electron chi connectivity index (χ4n) is 2.84. The molecule has 2 aromatic carbocycles. The van der Waals surface area contributed by atoms with Gasteiger partial charge in [0, 0.05) is 23.2 Å². The van der Waals surface area contributed by atoms with Crippen molar-refractivity contribution in [3.63, 3.8) is 0 Å². The molecule has 0 spiro atoms. The van der Waals surface area contributed by atoms with Gasteiger partial charge in [0.25, 0.3) is 0 Å². The second kappa shape index (κ2) is 8.26. The zero-order chi connectivity index (χ0) is 20.4. The molecule has 0 aliphatic heterocycles. The van der Waals surface area contributed by atoms with Crippen molar-refractivity contribution in [2.45, 2.75) is 17.3 Å². The number of hydrogen-bond acceptors (Lipinski definition) is 5. The average molecular weight is 431 g/mol. The molecule has 2 heterocycles. The quantitative estimate of drug-likeness (QED) is 0.432. The number of fused-ring (bicyclic) bond motifs is 1. The summed E-state index contributed by atoms with van der Waals surface area (Å²) in [5.74, 6) is 0.332. The van der Waals surface area contributed by atoms with E-state index < -0.39 is 5.82 Å². The highest BCUT2D eigenvalue weighted by atomic mass is 35.5. The predicted octanol–water partition coefficient (Wildman–Crippen LogP) is 4.03. The standard InChI is InChI=1S/C20H16ClFN4O2S/c1-28-17-7-4-14(10-16(17)22)11-26-20(27)25-9-8-23-19(18(25)24-26)29-12-13-2-5-15(21)6-3-13/h2-10H,11-12H2,1H3. The van der Waals surface area contributed by atoms with Crippen molar-refractivity contribution in [2.24, 2.45) is 0 Å². The molecule has 0 saturated carbocycles. The Balaban J connectivity index is 1.61. The number of halogens is 2. The van der Waals surface area contributed by atoms with Crippen LogP contribution in [0.1, 0.15) is 11.1 Å². The Hall–Kier alpha value is -2.84. The predicted molar refractivity (Wildman–Crippen MR) is 110 cm³/mol. The van der Waals surface area contributed by atoms with Crippen LogP contribution in [0.4, 0.5) is 4.39 Å². The average Bonchev–Trinajstić information content (AvgIpc) is 3.04. The van der Waals surface area contributed by atoms with Gasteiger partial charge in [0.2, 0.25) is 0 Å². The van der Waals surface area contributed by atoms with Crippen molar-refractivity contribution in [3.05, 3.63) is 87.3 Å². The lowest BCUT2D eigenvalue weighted by Crippen LogP contribution is -2.21. The number of aromatic nitrogens is 4. The van der Waals surface area contributed by atoms with Crippen molar-refractivity contribution in [1.82, 2.24) is 19.2 Å². The van der Waals surface area contributed by atoms with Gasteiger partial charge in [0.15, 0.2) is 17.2 Å². The summed E-state index contributed by atoms with van der Waals surface area (Å²) in [5, 5.41) is 5.73. The molecule has 0 aliphatic rings. The van der Waals surface area contributed by atoms with Gasteiger partial charge in [0.1, 0.15) is 5.03 Å². The summed E-state index contributed by atoms with van der Waals surface area (Å²) in [6.45, 7) is 0.142. The molecule has 0 unspecified atom stereocenters. The second-order valence-corrected chi connectivity index (χ2v) is 7.65. The maximum absolute atomic E-state index is 13.9. The van der Waals surface area contributed by atoms with Crippen LogP contribution in [0.3, 0.4) is 0 Å². The van der Waals surface area contributed by atoms with E-state index in [0.717, 1.165) is 5.56 Å². The number of nitrogens with zero attached hydrogens (tertiary/aromatic N) is 4. The number of rotatable bonds is 6. The third-order valence-corrected chi connectivity index (χ3v) is 5.60. The normalized spacial score (nSPS) is 11.1. The Morgan fingerprint density at radius 3 is 2.66 bits per heavy atom. The van der Waals surface area contributed by atoms with E-state index in [0.29, 0.717) is 27.0 Å². The van der Waals surface area contributed by atoms with Crippen LogP contribution in [0.15, 0.2) is 64.7 Å². The van der Waals surface area contributed by atoms with Crippen molar-refractivity contribution in [3.8, 4) is 5.75 Å². The number of ether oxygens (including phenoxy) is 1. The van der Waals surface area contributed by atoms with Crippen LogP contribution in [-0.4, -0.2) is 26.3 Å². The van der Waals surface area contributed by atoms with Gasteiger partial charge < -0.3 is 4.74 Å². The van der Waals surface area contributed by atoms with Crippen LogP contribution in [0.5, 0.6) is 5.75 Å². The van der Waals surface area contributed by atoms with Crippen molar-refractivity contribution in [2.75, 3.05) is 7.11 Å². The molecule has 29 heavy (non-hydrogen) atoms. The van der Waals surface area contributed by atoms with Crippen LogP contribution >= 0.6 is 23.4 Å². The Bertz CT molecular complexity index is 1220. The summed E-state index contributed by atoms with van der Waals surface area (Å²) in [4.78, 5) is 17.1. The van der Waals surface area contributed by atoms with E-state index >= 15 is 0 Å². The SMILES string of the molecule is COc1ccc(Cn2nc3c(SCc4ccc(Cl)cc4)nccn3c2=O)cc1F. The maximum Gasteiger partial charge on any atom is 0.350 e. The zero-order valence-electron chi connectivity index (χ0n) is 15.4. The van der Waals surface area contributed by atoms with Crippen LogP contribution in [0.25, 0.3) is 5.65 Å². The minimum absolute atomic E-state index is 0.142. The lowest BCUT2D eigenvalue weighted by Gasteiger charge is -2.04. The minimum atomic E-state index is -0.484. The van der Waals surface area contributed by atoms with Crippen molar-refractivity contribution < 1.29 is 9.13 Å². The van der Waals surface area contributed by atoms with E-state index in [-0.39, 0.29) is 18.0 Å². The molecular formula is C20H16ClFN4O2S. The van der Waals surface area contributed by atoms with Crippen LogP contribution in [0.2, 0.25) is 5.02 Å². The van der Waals surface area contributed by atoms with Crippen LogP contribution in [-0.2, 0) is 12.3 Å². The molecule has 0 fully saturated rings. The monoisotopic (exact) mass is 430 g/mol. The smallest absolute Gasteiger partial charge is 0.350 e. The van der Waals surface area contributed by atoms with E-state index in [2.05, 4.69) is 10.1 Å². The van der Waals surface area contributed by atoms with Gasteiger partial charge in [-0.2, -0.15) is 0 Å². The summed E-state index contributed by atoms with van der Waals surface area (Å²) in [7, 11) is 1.40. The Labute approximate surface area is 174 Å². The molecule has 0 atom stereocenters. The molecular weight excluding hydrogens is 415 g/mol. The first-order valence-corrected chi connectivity index (χ1v) is 10.1. The van der Waals surface area contributed by atoms with Crippen molar-refractivity contribution in [1.29, 1.82) is 0 Å². The number of methoxy groups -OCH3 is 1. The van der Waals surface area contributed by atoms with Crippen LogP contribution < -0.4 is 10.4 Å². The fourth-order valence-corrected chi connectivity index (χ4v) is 3.87. The highest BCUT2D eigenvalue weighted by Gasteiger charge is 2.13. The van der Waals surface area contributed by atoms with E-state index in [1.54, 1.807) is 18.5 Å². The molecule has 4 aromatic rings. The topological polar surface area (TPSA) is 61.4 Å². The molecule has 0 N–H and O–H groups in total. The fraction of sp³-hybridized carbons (Fsp3) is 0.150. The third kappa shape index (κ3) is 4.13. The number of benzene rings is 2. The van der Waals surface area contributed by atoms with Gasteiger partial charge in [-0.25, -0.2) is 23.3 Å². The molecule has 0 saturated heterocycles. The summed E-state index contributed by atoms with van der Waals surface area (Å²) in [6, 6.07) is 12.1. The van der Waals surface area contributed by atoms with Gasteiger partial charge >= 0.3 is 5.69 Å². The number of hydrogen-bond donors (Lipinski definition) is 0. The molecule has 148 valence electrons. The first-order chi connectivity index (χ1) is 14.0. The third-order valence-electron chi connectivity index (χ3n) is 4.31. The highest BCUT2D eigenvalue weighted by Crippen LogP contribution is 2.24. The Kier molecular flexibility index (Phi) is 5.55. The minimum Gasteiger partial charge on any atom is -0.494 e. The molecule has 4 rings (SSSR count). The van der Waals surface area contributed by atoms with Crippen LogP contribution in [0, 0.1) is 5.82 Å². The molecule has 0 radical (unpaired) electrons. The van der Waals surface area contributed by atoms with E-state index in [9.17, 15) is 9.18 Å². The zero-order valence-corrected chi connectivity index (χ0v) is 17.0. The molecule has 6 nitrogen and oxygen atoms in total. The molecule has 2 aromatic heterocycles. The summed E-state index contributed by atoms with van der Waals surface area (Å²) in [5.41, 5.74) is 1.84. The summed E-state index contributed by atoms with van der Waals surface area (Å²) >= 11 is 7.40. The maximum atomic E-state index is 13.9. The molecule has 9 heteroatoms. The second-order valence-electron chi connectivity index (χ2n) is 6.25. The molecule has 0 aliphatic carbocycles. The first kappa shape index (κ1) is 19.5. The molecule has 0 amide bonds. The highest BCUT2D eigenvalue weighted by molar-refractivity contribution is 7.98. The summed E-state index contributed by atoms with van der Waals surface area (Å²) < 4.78 is 21.6. The Morgan fingerprint density at radius 1 is 1.17 bits per heavy atom. The largest absolute Gasteiger partial charge is 0.494 e. The van der Waals surface area contributed by atoms with Gasteiger partial charge in [-0.3, -0.25) is 0 Å². The summed E-state index contributed by atoms with van der Waals surface area (Å²) in [6.07, 6.45) is 3.14. The van der Waals surface area contributed by atoms with E-state index in [1.807, 2.05) is 24.3 Å². The lowest BCUT2D eigenvalue weighted by molar-refractivity contribution is 0.386.